The highest BCUT2D eigenvalue weighted by molar-refractivity contribution is 6.01. The summed E-state index contributed by atoms with van der Waals surface area (Å²) in [5.74, 6) is 0.891. The van der Waals surface area contributed by atoms with Gasteiger partial charge in [-0.05, 0) is 38.1 Å². The number of hydrogen-bond donors (Lipinski definition) is 0. The minimum atomic E-state index is 0.0373. The number of ketones is 1. The molecule has 2 aromatic heterocycles. The fourth-order valence-electron chi connectivity index (χ4n) is 4.57. The molecule has 0 unspecified atom stereocenters. The first-order valence-electron chi connectivity index (χ1n) is 10.5. The van der Waals surface area contributed by atoms with Crippen LogP contribution in [0.1, 0.15) is 36.7 Å². The number of rotatable bonds is 5. The predicted octanol–water partition coefficient (Wildman–Crippen LogP) is 4.64. The van der Waals surface area contributed by atoms with Crippen molar-refractivity contribution in [1.29, 1.82) is 0 Å². The van der Waals surface area contributed by atoms with E-state index in [0.29, 0.717) is 5.69 Å². The standard InChI is InChI=1S/C24H26N4O/c1-18(29)23-22(19-10-4-2-5-11-19)25-24-27(17-16-26-14-8-3-9-15-26)20-12-6-7-13-21(20)28(23)24/h2,4-7,10-13H,3,8-9,14-17H2,1H3. The average Bonchev–Trinajstić information content (AvgIpc) is 3.29. The zero-order valence-corrected chi connectivity index (χ0v) is 16.8. The second-order valence-electron chi connectivity index (χ2n) is 7.91. The van der Waals surface area contributed by atoms with E-state index in [9.17, 15) is 4.79 Å². The number of carbonyl (C=O) groups is 1. The zero-order valence-electron chi connectivity index (χ0n) is 16.8. The Morgan fingerprint density at radius 1 is 0.897 bits per heavy atom. The van der Waals surface area contributed by atoms with Crippen molar-refractivity contribution < 1.29 is 4.79 Å². The molecule has 148 valence electrons. The van der Waals surface area contributed by atoms with Crippen LogP contribution in [0.3, 0.4) is 0 Å². The summed E-state index contributed by atoms with van der Waals surface area (Å²) >= 11 is 0. The van der Waals surface area contributed by atoms with Gasteiger partial charge in [-0.1, -0.05) is 48.9 Å². The smallest absolute Gasteiger partial charge is 0.216 e. The zero-order chi connectivity index (χ0) is 19.8. The average molecular weight is 386 g/mol. The number of aromatic nitrogens is 3. The Morgan fingerprint density at radius 3 is 2.31 bits per heavy atom. The van der Waals surface area contributed by atoms with E-state index in [-0.39, 0.29) is 5.78 Å². The first-order chi connectivity index (χ1) is 14.2. The van der Waals surface area contributed by atoms with Crippen LogP contribution in [-0.4, -0.2) is 44.3 Å². The highest BCUT2D eigenvalue weighted by atomic mass is 16.1. The van der Waals surface area contributed by atoms with Gasteiger partial charge in [-0.15, -0.1) is 0 Å². The van der Waals surface area contributed by atoms with E-state index in [1.807, 2.05) is 36.4 Å². The van der Waals surface area contributed by atoms with Crippen molar-refractivity contribution in [2.24, 2.45) is 0 Å². The maximum Gasteiger partial charge on any atom is 0.216 e. The summed E-state index contributed by atoms with van der Waals surface area (Å²) in [5.41, 5.74) is 4.59. The van der Waals surface area contributed by atoms with Gasteiger partial charge < -0.3 is 9.47 Å². The molecule has 0 aliphatic carbocycles. The van der Waals surface area contributed by atoms with Crippen molar-refractivity contribution in [1.82, 2.24) is 18.9 Å². The second kappa shape index (κ2) is 7.48. The van der Waals surface area contributed by atoms with Crippen molar-refractivity contribution in [2.75, 3.05) is 19.6 Å². The largest absolute Gasteiger partial charge is 0.308 e. The number of para-hydroxylation sites is 2. The summed E-state index contributed by atoms with van der Waals surface area (Å²) in [5, 5.41) is 0. The fraction of sp³-hybridized carbons (Fsp3) is 0.333. The van der Waals surface area contributed by atoms with E-state index in [1.165, 1.54) is 32.4 Å². The van der Waals surface area contributed by atoms with Crippen LogP contribution in [0.4, 0.5) is 0 Å². The molecule has 0 saturated carbocycles. The predicted molar refractivity (Wildman–Crippen MR) is 116 cm³/mol. The number of nitrogens with zero attached hydrogens (tertiary/aromatic N) is 4. The third-order valence-electron chi connectivity index (χ3n) is 5.98. The van der Waals surface area contributed by atoms with Gasteiger partial charge in [0.25, 0.3) is 0 Å². The van der Waals surface area contributed by atoms with E-state index >= 15 is 0 Å². The Bertz CT molecular complexity index is 1170. The maximum atomic E-state index is 12.7. The summed E-state index contributed by atoms with van der Waals surface area (Å²) < 4.78 is 4.33. The van der Waals surface area contributed by atoms with Gasteiger partial charge in [0, 0.05) is 25.6 Å². The molecule has 0 atom stereocenters. The normalized spacial score (nSPS) is 15.3. The monoisotopic (exact) mass is 386 g/mol. The van der Waals surface area contributed by atoms with Crippen LogP contribution < -0.4 is 0 Å². The van der Waals surface area contributed by atoms with E-state index in [0.717, 1.165) is 41.2 Å². The lowest BCUT2D eigenvalue weighted by Gasteiger charge is -2.26. The van der Waals surface area contributed by atoms with E-state index in [1.54, 1.807) is 6.92 Å². The molecule has 3 heterocycles. The Labute approximate surface area is 170 Å². The van der Waals surface area contributed by atoms with Gasteiger partial charge in [-0.25, -0.2) is 4.98 Å². The first-order valence-corrected chi connectivity index (χ1v) is 10.5. The van der Waals surface area contributed by atoms with Gasteiger partial charge in [-0.3, -0.25) is 9.20 Å². The van der Waals surface area contributed by atoms with Crippen LogP contribution in [0.5, 0.6) is 0 Å². The highest BCUT2D eigenvalue weighted by Crippen LogP contribution is 2.30. The summed E-state index contributed by atoms with van der Waals surface area (Å²) in [6.07, 6.45) is 3.92. The molecule has 1 aliphatic heterocycles. The van der Waals surface area contributed by atoms with Gasteiger partial charge >= 0.3 is 0 Å². The molecule has 5 heteroatoms. The molecule has 2 aromatic carbocycles. The highest BCUT2D eigenvalue weighted by Gasteiger charge is 2.23. The minimum Gasteiger partial charge on any atom is -0.308 e. The fourth-order valence-corrected chi connectivity index (χ4v) is 4.57. The van der Waals surface area contributed by atoms with Crippen molar-refractivity contribution >= 4 is 22.6 Å². The van der Waals surface area contributed by atoms with Gasteiger partial charge in [0.2, 0.25) is 5.78 Å². The lowest BCUT2D eigenvalue weighted by Crippen LogP contribution is -2.32. The van der Waals surface area contributed by atoms with Crippen LogP contribution in [0, 0.1) is 0 Å². The third-order valence-corrected chi connectivity index (χ3v) is 5.98. The Balaban J connectivity index is 1.68. The topological polar surface area (TPSA) is 42.5 Å². The van der Waals surface area contributed by atoms with Crippen LogP contribution in [-0.2, 0) is 6.54 Å². The molecule has 29 heavy (non-hydrogen) atoms. The Morgan fingerprint density at radius 2 is 1.59 bits per heavy atom. The first kappa shape index (κ1) is 18.1. The minimum absolute atomic E-state index is 0.0373. The van der Waals surface area contributed by atoms with Gasteiger partial charge in [0.1, 0.15) is 11.4 Å². The number of imidazole rings is 2. The van der Waals surface area contributed by atoms with Crippen LogP contribution in [0.25, 0.3) is 28.1 Å². The van der Waals surface area contributed by atoms with Crippen molar-refractivity contribution in [3.8, 4) is 11.3 Å². The molecular weight excluding hydrogens is 360 g/mol. The summed E-state index contributed by atoms with van der Waals surface area (Å²) in [7, 11) is 0. The van der Waals surface area contributed by atoms with Crippen LogP contribution in [0.2, 0.25) is 0 Å². The molecule has 0 radical (unpaired) electrons. The van der Waals surface area contributed by atoms with E-state index < -0.39 is 0 Å². The molecule has 1 aliphatic rings. The molecule has 1 saturated heterocycles. The number of benzene rings is 2. The maximum absolute atomic E-state index is 12.7. The molecule has 5 nitrogen and oxygen atoms in total. The van der Waals surface area contributed by atoms with Crippen molar-refractivity contribution in [3.05, 3.63) is 60.3 Å². The molecule has 1 fully saturated rings. The van der Waals surface area contributed by atoms with Gasteiger partial charge in [0.15, 0.2) is 5.78 Å². The Hall–Kier alpha value is -2.92. The molecule has 0 spiro atoms. The molecule has 0 amide bonds. The number of fused-ring (bicyclic) bond motifs is 3. The molecular formula is C24H26N4O. The Kier molecular flexibility index (Phi) is 4.68. The summed E-state index contributed by atoms with van der Waals surface area (Å²) in [6, 6.07) is 18.3. The molecule has 4 aromatic rings. The quantitative estimate of drug-likeness (QED) is 0.469. The SMILES string of the molecule is CC(=O)c1c(-c2ccccc2)nc2n(CCN3CCCCC3)c3ccccc3n12. The second-order valence-corrected chi connectivity index (χ2v) is 7.91. The van der Waals surface area contributed by atoms with Crippen molar-refractivity contribution in [3.63, 3.8) is 0 Å². The summed E-state index contributed by atoms with van der Waals surface area (Å²) in [6.45, 7) is 5.88. The number of carbonyl (C=O) groups excluding carboxylic acids is 1. The van der Waals surface area contributed by atoms with E-state index in [4.69, 9.17) is 4.98 Å². The number of likely N-dealkylation sites (tertiary alicyclic amines) is 1. The lowest BCUT2D eigenvalue weighted by molar-refractivity contribution is 0.101. The molecule has 5 rings (SSSR count). The number of piperidine rings is 1. The molecule has 0 bridgehead atoms. The lowest BCUT2D eigenvalue weighted by atomic mass is 10.1. The van der Waals surface area contributed by atoms with Crippen LogP contribution in [0.15, 0.2) is 54.6 Å². The van der Waals surface area contributed by atoms with E-state index in [2.05, 4.69) is 32.1 Å². The van der Waals surface area contributed by atoms with Crippen molar-refractivity contribution in [2.45, 2.75) is 32.7 Å². The van der Waals surface area contributed by atoms with Gasteiger partial charge in [-0.2, -0.15) is 0 Å². The third kappa shape index (κ3) is 3.15. The van der Waals surface area contributed by atoms with Crippen LogP contribution >= 0.6 is 0 Å². The number of Topliss-reactive ketones (excluding diaryl/α,β-unsaturated/α-hetero) is 1. The molecule has 0 N–H and O–H groups in total. The number of hydrogen-bond acceptors (Lipinski definition) is 3. The summed E-state index contributed by atoms with van der Waals surface area (Å²) in [4.78, 5) is 20.2. The van der Waals surface area contributed by atoms with Gasteiger partial charge in [0.05, 0.1) is 11.0 Å².